The number of benzene rings is 1. The molecule has 5 nitrogen and oxygen atoms in total. The van der Waals surface area contributed by atoms with Crippen molar-refractivity contribution in [3.8, 4) is 0 Å². The average Bonchev–Trinajstić information content (AvgIpc) is 2.53. The molecular formula is C15H16ClF3N3O2P. The third-order valence-corrected chi connectivity index (χ3v) is 5.70. The molecule has 2 aromatic rings. The maximum Gasteiger partial charge on any atom is 0.420 e. The highest BCUT2D eigenvalue weighted by Gasteiger charge is 2.34. The molecule has 0 saturated carbocycles. The van der Waals surface area contributed by atoms with E-state index in [1.54, 1.807) is 31.2 Å². The molecule has 0 aliphatic carbocycles. The topological polar surface area (TPSA) is 75.1 Å². The van der Waals surface area contributed by atoms with Crippen LogP contribution in [0.3, 0.4) is 0 Å². The van der Waals surface area contributed by atoms with E-state index in [4.69, 9.17) is 11.6 Å². The highest BCUT2D eigenvalue weighted by atomic mass is 35.5. The summed E-state index contributed by atoms with van der Waals surface area (Å²) < 4.78 is 49.5. The fourth-order valence-electron chi connectivity index (χ4n) is 1.96. The van der Waals surface area contributed by atoms with Gasteiger partial charge in [0.1, 0.15) is 10.7 Å². The minimum Gasteiger partial charge on any atom is -0.344 e. The van der Waals surface area contributed by atoms with Crippen LogP contribution in [0.2, 0.25) is 5.15 Å². The van der Waals surface area contributed by atoms with E-state index < -0.39 is 24.3 Å². The van der Waals surface area contributed by atoms with Crippen LogP contribution in [0.25, 0.3) is 0 Å². The second-order valence-corrected chi connectivity index (χ2v) is 8.48. The fraction of sp³-hybridized carbons (Fsp3) is 0.333. The van der Waals surface area contributed by atoms with Crippen LogP contribution < -0.4 is 5.32 Å². The molecule has 0 spiro atoms. The normalized spacial score (nSPS) is 14.2. The Hall–Kier alpha value is -1.63. The highest BCUT2D eigenvalue weighted by molar-refractivity contribution is 7.57. The fourth-order valence-corrected chi connectivity index (χ4v) is 3.12. The number of hydrogen-bond donors (Lipinski definition) is 2. The number of nitrogens with zero attached hydrogens (tertiary/aromatic N) is 2. The summed E-state index contributed by atoms with van der Waals surface area (Å²) in [6.07, 6.45) is -3.09. The summed E-state index contributed by atoms with van der Waals surface area (Å²) in [5.74, 6) is -0.0587. The van der Waals surface area contributed by atoms with Gasteiger partial charge in [-0.1, -0.05) is 30.7 Å². The van der Waals surface area contributed by atoms with Gasteiger partial charge in [-0.05, 0) is 24.1 Å². The van der Waals surface area contributed by atoms with Gasteiger partial charge in [0.2, 0.25) is 13.3 Å². The predicted octanol–water partition coefficient (Wildman–Crippen LogP) is 4.73. The first-order chi connectivity index (χ1) is 11.6. The number of alkyl halides is 3. The lowest BCUT2D eigenvalue weighted by Gasteiger charge is -2.11. The summed E-state index contributed by atoms with van der Waals surface area (Å²) in [5, 5.41) is 2.08. The van der Waals surface area contributed by atoms with E-state index >= 15 is 0 Å². The molecule has 1 unspecified atom stereocenters. The van der Waals surface area contributed by atoms with E-state index in [1.165, 1.54) is 0 Å². The second kappa shape index (κ2) is 7.72. The smallest absolute Gasteiger partial charge is 0.344 e. The van der Waals surface area contributed by atoms with Gasteiger partial charge in [0.05, 0.1) is 0 Å². The van der Waals surface area contributed by atoms with Crippen molar-refractivity contribution in [2.24, 2.45) is 0 Å². The lowest BCUT2D eigenvalue weighted by atomic mass is 10.1. The second-order valence-electron chi connectivity index (χ2n) is 5.35. The Morgan fingerprint density at radius 2 is 1.92 bits per heavy atom. The first-order valence-corrected chi connectivity index (χ1v) is 9.78. The van der Waals surface area contributed by atoms with E-state index in [2.05, 4.69) is 15.3 Å². The SMILES string of the molecule is CCP(=O)(O)CCc1ccc(Nc2ncc(C(F)(F)F)c(Cl)n2)cc1. The van der Waals surface area contributed by atoms with Crippen molar-refractivity contribution in [3.63, 3.8) is 0 Å². The van der Waals surface area contributed by atoms with Crippen LogP contribution in [0.4, 0.5) is 24.8 Å². The van der Waals surface area contributed by atoms with Crippen LogP contribution in [-0.4, -0.2) is 27.2 Å². The van der Waals surface area contributed by atoms with Crippen molar-refractivity contribution < 1.29 is 22.6 Å². The van der Waals surface area contributed by atoms with E-state index in [0.717, 1.165) is 5.56 Å². The molecule has 2 N–H and O–H groups in total. The standard InChI is InChI=1S/C15H16ClF3N3O2P/c1-2-25(23,24)8-7-10-3-5-11(6-4-10)21-14-20-9-12(13(16)22-14)15(17,18)19/h3-6,9H,2,7-8H2,1H3,(H,23,24)(H,20,21,22). The van der Waals surface area contributed by atoms with Gasteiger partial charge in [0.25, 0.3) is 0 Å². The lowest BCUT2D eigenvalue weighted by molar-refractivity contribution is -0.137. The Bertz CT molecular complexity index is 785. The molecule has 2 rings (SSSR count). The number of halogens is 4. The number of aryl methyl sites for hydroxylation is 1. The van der Waals surface area contributed by atoms with E-state index in [-0.39, 0.29) is 18.3 Å². The molecular weight excluding hydrogens is 378 g/mol. The zero-order valence-corrected chi connectivity index (χ0v) is 14.9. The molecule has 0 amide bonds. The molecule has 25 heavy (non-hydrogen) atoms. The Morgan fingerprint density at radius 3 is 2.44 bits per heavy atom. The maximum absolute atomic E-state index is 12.6. The van der Waals surface area contributed by atoms with Gasteiger partial charge >= 0.3 is 6.18 Å². The minimum absolute atomic E-state index is 0.0587. The van der Waals surface area contributed by atoms with Gasteiger partial charge in [0.15, 0.2) is 0 Å². The first-order valence-electron chi connectivity index (χ1n) is 7.37. The number of nitrogens with one attached hydrogen (secondary N) is 1. The van der Waals surface area contributed by atoms with Crippen molar-refractivity contribution in [2.75, 3.05) is 17.6 Å². The summed E-state index contributed by atoms with van der Waals surface area (Å²) in [7, 11) is -3.07. The molecule has 136 valence electrons. The summed E-state index contributed by atoms with van der Waals surface area (Å²) in [5.41, 5.74) is 0.335. The molecule has 1 aromatic carbocycles. The lowest BCUT2D eigenvalue weighted by Crippen LogP contribution is -2.09. The third kappa shape index (κ3) is 5.70. The summed E-state index contributed by atoms with van der Waals surface area (Å²) in [6, 6.07) is 6.87. The van der Waals surface area contributed by atoms with Gasteiger partial charge in [-0.15, -0.1) is 0 Å². The molecule has 1 heterocycles. The van der Waals surface area contributed by atoms with Crippen molar-refractivity contribution in [3.05, 3.63) is 46.7 Å². The Morgan fingerprint density at radius 1 is 1.28 bits per heavy atom. The zero-order valence-electron chi connectivity index (χ0n) is 13.2. The Kier molecular flexibility index (Phi) is 6.08. The molecule has 0 aliphatic rings. The van der Waals surface area contributed by atoms with Crippen molar-refractivity contribution in [1.82, 2.24) is 9.97 Å². The Labute approximate surface area is 147 Å². The predicted molar refractivity (Wildman–Crippen MR) is 90.7 cm³/mol. The van der Waals surface area contributed by atoms with Gasteiger partial charge in [0, 0.05) is 24.2 Å². The first kappa shape index (κ1) is 19.7. The van der Waals surface area contributed by atoms with E-state index in [1.807, 2.05) is 0 Å². The summed E-state index contributed by atoms with van der Waals surface area (Å²) in [4.78, 5) is 16.8. The van der Waals surface area contributed by atoms with Crippen LogP contribution in [0, 0.1) is 0 Å². The molecule has 0 radical (unpaired) electrons. The zero-order chi connectivity index (χ0) is 18.7. The van der Waals surface area contributed by atoms with Crippen LogP contribution in [0.1, 0.15) is 18.1 Å². The van der Waals surface area contributed by atoms with Crippen LogP contribution in [0.15, 0.2) is 30.5 Å². The third-order valence-electron chi connectivity index (χ3n) is 3.50. The van der Waals surface area contributed by atoms with E-state index in [0.29, 0.717) is 18.3 Å². The van der Waals surface area contributed by atoms with Gasteiger partial charge in [-0.25, -0.2) is 9.97 Å². The molecule has 0 aliphatic heterocycles. The Balaban J connectivity index is 2.04. The number of hydrogen-bond acceptors (Lipinski definition) is 4. The minimum atomic E-state index is -4.61. The number of anilines is 2. The van der Waals surface area contributed by atoms with Gasteiger partial charge < -0.3 is 10.2 Å². The molecule has 10 heteroatoms. The van der Waals surface area contributed by atoms with Gasteiger partial charge in [-0.3, -0.25) is 4.57 Å². The van der Waals surface area contributed by atoms with Gasteiger partial charge in [-0.2, -0.15) is 13.2 Å². The average molecular weight is 394 g/mol. The van der Waals surface area contributed by atoms with Crippen LogP contribution in [0.5, 0.6) is 0 Å². The molecule has 1 aromatic heterocycles. The molecule has 0 saturated heterocycles. The van der Waals surface area contributed by atoms with Crippen molar-refractivity contribution in [1.29, 1.82) is 0 Å². The molecule has 1 atom stereocenters. The largest absolute Gasteiger partial charge is 0.420 e. The number of aromatic nitrogens is 2. The van der Waals surface area contributed by atoms with Crippen LogP contribution >= 0.6 is 19.0 Å². The number of rotatable bonds is 6. The monoisotopic (exact) mass is 393 g/mol. The molecule has 0 fully saturated rings. The van der Waals surface area contributed by atoms with Crippen LogP contribution in [-0.2, 0) is 17.2 Å². The van der Waals surface area contributed by atoms with E-state index in [9.17, 15) is 22.6 Å². The van der Waals surface area contributed by atoms with Crippen molar-refractivity contribution in [2.45, 2.75) is 19.5 Å². The van der Waals surface area contributed by atoms with Crippen molar-refractivity contribution >= 4 is 30.6 Å². The summed E-state index contributed by atoms with van der Waals surface area (Å²) >= 11 is 5.54. The summed E-state index contributed by atoms with van der Waals surface area (Å²) in [6.45, 7) is 1.67. The quantitative estimate of drug-likeness (QED) is 0.548. The maximum atomic E-state index is 12.6. The highest BCUT2D eigenvalue weighted by Crippen LogP contribution is 2.40. The molecule has 0 bridgehead atoms.